The molecule has 1 aliphatic heterocycles. The first-order chi connectivity index (χ1) is 18.1. The maximum atomic E-state index is 14.7. The molecule has 2 amide bonds. The van der Waals surface area contributed by atoms with Crippen molar-refractivity contribution in [3.8, 4) is 0 Å². The highest BCUT2D eigenvalue weighted by atomic mass is 35.5. The van der Waals surface area contributed by atoms with Crippen LogP contribution in [0.4, 0.5) is 18.9 Å². The highest BCUT2D eigenvalue weighted by Gasteiger charge is 2.53. The van der Waals surface area contributed by atoms with E-state index in [1.54, 1.807) is 31.2 Å². The first kappa shape index (κ1) is 26.2. The van der Waals surface area contributed by atoms with E-state index in [0.29, 0.717) is 59.8 Å². The number of benzene rings is 2. The van der Waals surface area contributed by atoms with Gasteiger partial charge in [-0.05, 0) is 56.7 Å². The zero-order valence-electron chi connectivity index (χ0n) is 20.5. The quantitative estimate of drug-likeness (QED) is 0.442. The Kier molecular flexibility index (Phi) is 6.92. The van der Waals surface area contributed by atoms with E-state index in [0.717, 1.165) is 0 Å². The molecular formula is C28H25ClF3N3O3. The fraction of sp³-hybridized carbons (Fsp3) is 0.321. The molecule has 1 fully saturated rings. The largest absolute Gasteiger partial charge is 0.372 e. The number of carbonyl (C=O) groups excluding carboxylic acids is 2. The molecule has 6 nitrogen and oxygen atoms in total. The Hall–Kier alpha value is -3.43. The Morgan fingerprint density at radius 1 is 1.13 bits per heavy atom. The molecule has 0 saturated heterocycles. The van der Waals surface area contributed by atoms with Crippen LogP contribution in [0.2, 0.25) is 5.02 Å². The summed E-state index contributed by atoms with van der Waals surface area (Å²) >= 11 is 5.98. The molecule has 1 unspecified atom stereocenters. The van der Waals surface area contributed by atoms with Gasteiger partial charge in [-0.2, -0.15) is 0 Å². The van der Waals surface area contributed by atoms with Crippen LogP contribution in [0.3, 0.4) is 0 Å². The number of aryl methyl sites for hydroxylation is 1. The summed E-state index contributed by atoms with van der Waals surface area (Å²) in [7, 11) is 0. The predicted molar refractivity (Wildman–Crippen MR) is 135 cm³/mol. The number of hydrogen-bond donors (Lipinski definition) is 2. The summed E-state index contributed by atoms with van der Waals surface area (Å²) < 4.78 is 42.8. The van der Waals surface area contributed by atoms with E-state index in [-0.39, 0.29) is 30.0 Å². The lowest BCUT2D eigenvalue weighted by Gasteiger charge is -2.32. The minimum atomic E-state index is -2.56. The van der Waals surface area contributed by atoms with Gasteiger partial charge in [0.15, 0.2) is 17.2 Å². The minimum Gasteiger partial charge on any atom is -0.372 e. The molecule has 5 rings (SSSR count). The van der Waals surface area contributed by atoms with Crippen molar-refractivity contribution >= 4 is 29.1 Å². The number of fused-ring (bicyclic) bond motifs is 1. The number of para-hydroxylation sites is 1. The number of rotatable bonds is 5. The van der Waals surface area contributed by atoms with Crippen LogP contribution in [-0.2, 0) is 10.4 Å². The van der Waals surface area contributed by atoms with Crippen molar-refractivity contribution in [2.45, 2.75) is 44.2 Å². The summed E-state index contributed by atoms with van der Waals surface area (Å²) in [4.78, 5) is 31.8. The third-order valence-electron chi connectivity index (χ3n) is 7.44. The molecule has 2 N–H and O–H groups in total. The van der Waals surface area contributed by atoms with E-state index in [1.807, 2.05) is 0 Å². The first-order valence-electron chi connectivity index (χ1n) is 12.3. The third-order valence-corrected chi connectivity index (χ3v) is 7.65. The molecule has 10 heteroatoms. The van der Waals surface area contributed by atoms with Gasteiger partial charge in [-0.1, -0.05) is 29.8 Å². The summed E-state index contributed by atoms with van der Waals surface area (Å²) in [6.45, 7) is 1.97. The van der Waals surface area contributed by atoms with Crippen LogP contribution in [0.25, 0.3) is 0 Å². The first-order valence-corrected chi connectivity index (χ1v) is 12.7. The van der Waals surface area contributed by atoms with Gasteiger partial charge in [0.2, 0.25) is 0 Å². The number of nitrogens with zero attached hydrogens (tertiary/aromatic N) is 2. The molecule has 0 spiro atoms. The second-order valence-electron chi connectivity index (χ2n) is 9.87. The van der Waals surface area contributed by atoms with Crippen LogP contribution in [0.5, 0.6) is 0 Å². The molecule has 198 valence electrons. The van der Waals surface area contributed by atoms with Crippen LogP contribution in [0.15, 0.2) is 48.7 Å². The van der Waals surface area contributed by atoms with E-state index in [4.69, 9.17) is 11.6 Å². The van der Waals surface area contributed by atoms with E-state index in [1.165, 1.54) is 17.2 Å². The number of hydrogen-bond acceptors (Lipinski definition) is 4. The van der Waals surface area contributed by atoms with Crippen LogP contribution < -0.4 is 10.2 Å². The summed E-state index contributed by atoms with van der Waals surface area (Å²) in [6.07, 6.45) is 4.19. The van der Waals surface area contributed by atoms with Gasteiger partial charge < -0.3 is 15.3 Å². The summed E-state index contributed by atoms with van der Waals surface area (Å²) in [5.74, 6) is -5.13. The molecule has 2 heterocycles. The Bertz CT molecular complexity index is 1430. The second-order valence-corrected chi connectivity index (χ2v) is 10.3. The van der Waals surface area contributed by atoms with Crippen LogP contribution in [-0.4, -0.2) is 34.5 Å². The molecule has 1 saturated carbocycles. The fourth-order valence-electron chi connectivity index (χ4n) is 5.44. The normalized spacial score (nSPS) is 22.9. The Morgan fingerprint density at radius 2 is 1.84 bits per heavy atom. The van der Waals surface area contributed by atoms with Crippen molar-refractivity contribution in [1.82, 2.24) is 10.3 Å². The summed E-state index contributed by atoms with van der Waals surface area (Å²) in [5.41, 5.74) is -1.89. The number of anilines is 1. The zero-order valence-corrected chi connectivity index (χ0v) is 21.2. The van der Waals surface area contributed by atoms with Crippen LogP contribution >= 0.6 is 11.6 Å². The molecule has 3 aromatic rings. The van der Waals surface area contributed by atoms with E-state index < -0.39 is 34.5 Å². The topological polar surface area (TPSA) is 82.5 Å². The Balaban J connectivity index is 1.31. The smallest absolute Gasteiger partial charge is 0.268 e. The number of amides is 2. The van der Waals surface area contributed by atoms with E-state index in [2.05, 4.69) is 10.3 Å². The highest BCUT2D eigenvalue weighted by Crippen LogP contribution is 2.46. The average molecular weight is 544 g/mol. The Labute approximate surface area is 222 Å². The second kappa shape index (κ2) is 10.0. The lowest BCUT2D eigenvalue weighted by molar-refractivity contribution is -0.132. The lowest BCUT2D eigenvalue weighted by Crippen LogP contribution is -2.45. The van der Waals surface area contributed by atoms with Gasteiger partial charge in [0, 0.05) is 36.0 Å². The fourth-order valence-corrected chi connectivity index (χ4v) is 5.60. The maximum Gasteiger partial charge on any atom is 0.268 e. The van der Waals surface area contributed by atoms with Gasteiger partial charge in [-0.25, -0.2) is 13.2 Å². The number of pyridine rings is 1. The molecule has 0 radical (unpaired) electrons. The molecule has 0 bridgehead atoms. The summed E-state index contributed by atoms with van der Waals surface area (Å²) in [6, 6.07) is 8.84. The van der Waals surface area contributed by atoms with Crippen LogP contribution in [0, 0.1) is 30.3 Å². The molecule has 1 aliphatic carbocycles. The van der Waals surface area contributed by atoms with Crippen molar-refractivity contribution in [3.05, 3.63) is 93.5 Å². The molecular weight excluding hydrogens is 519 g/mol. The number of carbonyl (C=O) groups is 2. The molecule has 38 heavy (non-hydrogen) atoms. The molecule has 2 aliphatic rings. The SMILES string of the molecule is Cc1ncc(Cl)cc1C(=O)NC1CCC(CN2C(=O)C(O)(c3cc(F)cc(F)c3F)c3ccccc32)CC1. The predicted octanol–water partition coefficient (Wildman–Crippen LogP) is 5.03. The number of halogens is 4. The monoisotopic (exact) mass is 543 g/mol. The van der Waals surface area contributed by atoms with Gasteiger partial charge in [-0.15, -0.1) is 0 Å². The average Bonchev–Trinajstić information content (AvgIpc) is 3.11. The highest BCUT2D eigenvalue weighted by molar-refractivity contribution is 6.30. The van der Waals surface area contributed by atoms with Crippen molar-refractivity contribution in [2.24, 2.45) is 5.92 Å². The maximum absolute atomic E-state index is 14.7. The molecule has 1 aromatic heterocycles. The number of aliphatic hydroxyl groups is 1. The van der Waals surface area contributed by atoms with Crippen molar-refractivity contribution in [2.75, 3.05) is 11.4 Å². The minimum absolute atomic E-state index is 0.0335. The third kappa shape index (κ3) is 4.54. The van der Waals surface area contributed by atoms with Gasteiger partial charge in [0.25, 0.3) is 11.8 Å². The standard InChI is InChI=1S/C28H25ClF3N3O3/c1-15-20(10-17(29)13-33-15)26(36)34-19-8-6-16(7-9-19)14-35-24-5-3-2-4-21(24)28(38,27(35)37)22-11-18(30)12-23(31)25(22)32/h2-5,10-13,16,19,38H,6-9,14H2,1H3,(H,34,36). The van der Waals surface area contributed by atoms with Crippen LogP contribution in [0.1, 0.15) is 52.9 Å². The van der Waals surface area contributed by atoms with Gasteiger partial charge >= 0.3 is 0 Å². The lowest BCUT2D eigenvalue weighted by atomic mass is 9.85. The van der Waals surface area contributed by atoms with Gasteiger partial charge in [0.05, 0.1) is 22.0 Å². The van der Waals surface area contributed by atoms with Gasteiger partial charge in [-0.3, -0.25) is 14.6 Å². The van der Waals surface area contributed by atoms with Crippen molar-refractivity contribution in [1.29, 1.82) is 0 Å². The number of aromatic nitrogens is 1. The van der Waals surface area contributed by atoms with Gasteiger partial charge in [0.1, 0.15) is 5.82 Å². The number of nitrogens with one attached hydrogen (secondary N) is 1. The van der Waals surface area contributed by atoms with E-state index in [9.17, 15) is 27.9 Å². The van der Waals surface area contributed by atoms with E-state index >= 15 is 0 Å². The van der Waals surface area contributed by atoms with Crippen molar-refractivity contribution < 1.29 is 27.9 Å². The van der Waals surface area contributed by atoms with Crippen molar-refractivity contribution in [3.63, 3.8) is 0 Å². The molecule has 1 atom stereocenters. The summed E-state index contributed by atoms with van der Waals surface area (Å²) in [5, 5.41) is 14.9. The molecule has 2 aromatic carbocycles. The zero-order chi connectivity index (χ0) is 27.2. The Morgan fingerprint density at radius 3 is 2.58 bits per heavy atom.